The Hall–Kier alpha value is -1.34. The Morgan fingerprint density at radius 1 is 1.42 bits per heavy atom. The SMILES string of the molecule is O=C(O)C1CC(O)CN1C(=O)NCC1CCCOC1. The van der Waals surface area contributed by atoms with Crippen LogP contribution in [0.3, 0.4) is 0 Å². The molecule has 7 heteroatoms. The second kappa shape index (κ2) is 6.21. The van der Waals surface area contributed by atoms with Crippen molar-refractivity contribution in [3.63, 3.8) is 0 Å². The number of nitrogens with one attached hydrogen (secondary N) is 1. The minimum atomic E-state index is -1.08. The first kappa shape index (κ1) is 14.1. The Bertz CT molecular complexity index is 343. The zero-order valence-corrected chi connectivity index (χ0v) is 10.7. The van der Waals surface area contributed by atoms with Crippen LogP contribution in [0, 0.1) is 5.92 Å². The monoisotopic (exact) mass is 272 g/mol. The number of hydrogen-bond donors (Lipinski definition) is 3. The second-order valence-electron chi connectivity index (χ2n) is 5.17. The minimum absolute atomic E-state index is 0.0734. The number of urea groups is 1. The third kappa shape index (κ3) is 3.57. The summed E-state index contributed by atoms with van der Waals surface area (Å²) in [5.74, 6) is -0.791. The van der Waals surface area contributed by atoms with Crippen LogP contribution in [-0.2, 0) is 9.53 Å². The van der Waals surface area contributed by atoms with Gasteiger partial charge in [0.15, 0.2) is 0 Å². The number of carbonyl (C=O) groups is 2. The summed E-state index contributed by atoms with van der Waals surface area (Å²) in [7, 11) is 0. The van der Waals surface area contributed by atoms with Gasteiger partial charge < -0.3 is 25.2 Å². The number of likely N-dealkylation sites (tertiary alicyclic amines) is 1. The average Bonchev–Trinajstić information content (AvgIpc) is 2.79. The topological polar surface area (TPSA) is 99.1 Å². The Kier molecular flexibility index (Phi) is 4.60. The van der Waals surface area contributed by atoms with Gasteiger partial charge >= 0.3 is 12.0 Å². The molecule has 2 heterocycles. The standard InChI is InChI=1S/C12H20N2O5/c15-9-4-10(11(16)17)14(6-9)12(18)13-5-8-2-1-3-19-7-8/h8-10,15H,1-7H2,(H,13,18)(H,16,17). The summed E-state index contributed by atoms with van der Waals surface area (Å²) in [5, 5.41) is 21.2. The lowest BCUT2D eigenvalue weighted by molar-refractivity contribution is -0.141. The molecule has 7 nitrogen and oxygen atoms in total. The van der Waals surface area contributed by atoms with Gasteiger partial charge in [0.25, 0.3) is 0 Å². The number of hydrogen-bond acceptors (Lipinski definition) is 4. The van der Waals surface area contributed by atoms with Crippen molar-refractivity contribution in [2.75, 3.05) is 26.3 Å². The van der Waals surface area contributed by atoms with E-state index >= 15 is 0 Å². The van der Waals surface area contributed by atoms with Gasteiger partial charge in [0.05, 0.1) is 12.7 Å². The van der Waals surface area contributed by atoms with Crippen molar-refractivity contribution in [1.82, 2.24) is 10.2 Å². The molecule has 19 heavy (non-hydrogen) atoms. The molecule has 2 saturated heterocycles. The highest BCUT2D eigenvalue weighted by atomic mass is 16.5. The van der Waals surface area contributed by atoms with Crippen LogP contribution in [0.1, 0.15) is 19.3 Å². The van der Waals surface area contributed by atoms with Gasteiger partial charge in [0, 0.05) is 26.1 Å². The molecule has 0 aromatic rings. The van der Waals surface area contributed by atoms with Gasteiger partial charge in [-0.15, -0.1) is 0 Å². The van der Waals surface area contributed by atoms with Crippen LogP contribution in [0.4, 0.5) is 4.79 Å². The van der Waals surface area contributed by atoms with Gasteiger partial charge in [0.1, 0.15) is 6.04 Å². The van der Waals surface area contributed by atoms with Gasteiger partial charge in [-0.3, -0.25) is 0 Å². The number of aliphatic hydroxyl groups is 1. The smallest absolute Gasteiger partial charge is 0.326 e. The van der Waals surface area contributed by atoms with Gasteiger partial charge in [-0.2, -0.15) is 0 Å². The van der Waals surface area contributed by atoms with Crippen LogP contribution < -0.4 is 5.32 Å². The van der Waals surface area contributed by atoms with Crippen molar-refractivity contribution >= 4 is 12.0 Å². The largest absolute Gasteiger partial charge is 0.480 e. The minimum Gasteiger partial charge on any atom is -0.480 e. The van der Waals surface area contributed by atoms with Crippen molar-refractivity contribution in [2.45, 2.75) is 31.4 Å². The van der Waals surface area contributed by atoms with Crippen molar-refractivity contribution in [3.8, 4) is 0 Å². The fraction of sp³-hybridized carbons (Fsp3) is 0.833. The summed E-state index contributed by atoms with van der Waals surface area (Å²) >= 11 is 0. The van der Waals surface area contributed by atoms with E-state index in [9.17, 15) is 14.7 Å². The maximum atomic E-state index is 11.9. The Balaban J connectivity index is 1.82. The molecule has 108 valence electrons. The molecule has 0 bridgehead atoms. The molecule has 0 saturated carbocycles. The van der Waals surface area contributed by atoms with E-state index < -0.39 is 24.1 Å². The van der Waals surface area contributed by atoms with Crippen LogP contribution in [0.2, 0.25) is 0 Å². The van der Waals surface area contributed by atoms with Crippen molar-refractivity contribution in [1.29, 1.82) is 0 Å². The molecule has 0 spiro atoms. The van der Waals surface area contributed by atoms with Crippen molar-refractivity contribution in [2.24, 2.45) is 5.92 Å². The molecule has 0 radical (unpaired) electrons. The molecule has 0 aromatic carbocycles. The van der Waals surface area contributed by atoms with E-state index in [2.05, 4.69) is 5.32 Å². The molecule has 2 amide bonds. The van der Waals surface area contributed by atoms with Gasteiger partial charge in [-0.05, 0) is 18.8 Å². The highest BCUT2D eigenvalue weighted by Gasteiger charge is 2.39. The third-order valence-electron chi connectivity index (χ3n) is 3.62. The molecule has 2 aliphatic heterocycles. The number of carboxylic acid groups (broad SMARTS) is 1. The normalized spacial score (nSPS) is 31.2. The molecule has 3 unspecified atom stereocenters. The molecule has 2 aliphatic rings. The number of carbonyl (C=O) groups excluding carboxylic acids is 1. The van der Waals surface area contributed by atoms with Crippen LogP contribution in [0.25, 0.3) is 0 Å². The van der Waals surface area contributed by atoms with E-state index in [0.717, 1.165) is 19.4 Å². The number of aliphatic hydroxyl groups excluding tert-OH is 1. The third-order valence-corrected chi connectivity index (χ3v) is 3.62. The van der Waals surface area contributed by atoms with Crippen LogP contribution in [0.15, 0.2) is 0 Å². The highest BCUT2D eigenvalue weighted by molar-refractivity contribution is 5.83. The number of β-amino-alcohol motifs (C(OH)–C–C–N with tert-alkyl or cyclic N) is 1. The maximum Gasteiger partial charge on any atom is 0.326 e. The van der Waals surface area contributed by atoms with E-state index in [0.29, 0.717) is 13.2 Å². The summed E-state index contributed by atoms with van der Waals surface area (Å²) in [5.41, 5.74) is 0. The lowest BCUT2D eigenvalue weighted by Crippen LogP contribution is -2.47. The lowest BCUT2D eigenvalue weighted by Gasteiger charge is -2.25. The summed E-state index contributed by atoms with van der Waals surface area (Å²) < 4.78 is 5.32. The predicted molar refractivity (Wildman–Crippen MR) is 65.7 cm³/mol. The van der Waals surface area contributed by atoms with Gasteiger partial charge in [0.2, 0.25) is 0 Å². The molecular weight excluding hydrogens is 252 g/mol. The molecule has 2 rings (SSSR count). The summed E-state index contributed by atoms with van der Waals surface area (Å²) in [6, 6.07) is -1.35. The zero-order chi connectivity index (χ0) is 13.8. The quantitative estimate of drug-likeness (QED) is 0.652. The number of aliphatic carboxylic acids is 1. The Morgan fingerprint density at radius 3 is 2.84 bits per heavy atom. The first-order chi connectivity index (χ1) is 9.08. The molecular formula is C12H20N2O5. The predicted octanol–water partition coefficient (Wildman–Crippen LogP) is -0.358. The van der Waals surface area contributed by atoms with E-state index in [1.807, 2.05) is 0 Å². The molecule has 3 N–H and O–H groups in total. The number of nitrogens with zero attached hydrogens (tertiary/aromatic N) is 1. The molecule has 0 aromatic heterocycles. The fourth-order valence-electron chi connectivity index (χ4n) is 2.57. The van der Waals surface area contributed by atoms with Crippen LogP contribution in [-0.4, -0.2) is 65.6 Å². The van der Waals surface area contributed by atoms with Crippen LogP contribution >= 0.6 is 0 Å². The van der Waals surface area contributed by atoms with E-state index in [1.165, 1.54) is 4.90 Å². The average molecular weight is 272 g/mol. The van der Waals surface area contributed by atoms with Crippen molar-refractivity contribution in [3.05, 3.63) is 0 Å². The van der Waals surface area contributed by atoms with Crippen molar-refractivity contribution < 1.29 is 24.5 Å². The Labute approximate surface area is 111 Å². The summed E-state index contributed by atoms with van der Waals surface area (Å²) in [6.07, 6.45) is 1.33. The number of carboxylic acids is 1. The summed E-state index contributed by atoms with van der Waals surface area (Å²) in [6.45, 7) is 1.96. The molecule has 2 fully saturated rings. The van der Waals surface area contributed by atoms with Gasteiger partial charge in [-0.1, -0.05) is 0 Å². The second-order valence-corrected chi connectivity index (χ2v) is 5.17. The zero-order valence-electron chi connectivity index (χ0n) is 10.7. The first-order valence-electron chi connectivity index (χ1n) is 6.61. The highest BCUT2D eigenvalue weighted by Crippen LogP contribution is 2.18. The van der Waals surface area contributed by atoms with E-state index in [4.69, 9.17) is 9.84 Å². The molecule has 3 atom stereocenters. The van der Waals surface area contributed by atoms with E-state index in [-0.39, 0.29) is 18.9 Å². The van der Waals surface area contributed by atoms with Gasteiger partial charge in [-0.25, -0.2) is 9.59 Å². The fourth-order valence-corrected chi connectivity index (χ4v) is 2.57. The summed E-state index contributed by atoms with van der Waals surface area (Å²) in [4.78, 5) is 24.2. The number of amides is 2. The number of rotatable bonds is 3. The Morgan fingerprint density at radius 2 is 2.21 bits per heavy atom. The lowest BCUT2D eigenvalue weighted by atomic mass is 10.0. The first-order valence-corrected chi connectivity index (χ1v) is 6.61. The van der Waals surface area contributed by atoms with Crippen LogP contribution in [0.5, 0.6) is 0 Å². The number of ether oxygens (including phenoxy) is 1. The molecule has 0 aliphatic carbocycles. The van der Waals surface area contributed by atoms with E-state index in [1.54, 1.807) is 0 Å². The maximum absolute atomic E-state index is 11.9.